The molecule has 0 unspecified atom stereocenters. The predicted molar refractivity (Wildman–Crippen MR) is 65.1 cm³/mol. The molecule has 0 aromatic heterocycles. The molecule has 0 saturated carbocycles. The van der Waals surface area contributed by atoms with Gasteiger partial charge in [-0.05, 0) is 42.2 Å². The molecule has 0 amide bonds. The van der Waals surface area contributed by atoms with Crippen LogP contribution in [-0.2, 0) is 0 Å². The molecule has 0 atom stereocenters. The summed E-state index contributed by atoms with van der Waals surface area (Å²) >= 11 is 0. The smallest absolute Gasteiger partial charge is 0.0181 e. The Hall–Kier alpha value is -1.56. The van der Waals surface area contributed by atoms with E-state index in [0.717, 1.165) is 5.57 Å². The van der Waals surface area contributed by atoms with Gasteiger partial charge in [-0.3, -0.25) is 0 Å². The van der Waals surface area contributed by atoms with Crippen LogP contribution in [0.3, 0.4) is 0 Å². The van der Waals surface area contributed by atoms with Crippen LogP contribution >= 0.6 is 0 Å². The summed E-state index contributed by atoms with van der Waals surface area (Å²) in [5.41, 5.74) is 4.79. The first kappa shape index (κ1) is 10.5. The Morgan fingerprint density at radius 2 is 2.00 bits per heavy atom. The summed E-state index contributed by atoms with van der Waals surface area (Å²) in [4.78, 5) is 0. The van der Waals surface area contributed by atoms with Crippen molar-refractivity contribution < 1.29 is 0 Å². The van der Waals surface area contributed by atoms with Crippen LogP contribution in [0, 0.1) is 6.92 Å². The van der Waals surface area contributed by atoms with E-state index in [9.17, 15) is 0 Å². The highest BCUT2D eigenvalue weighted by atomic mass is 14.0. The lowest BCUT2D eigenvalue weighted by Crippen LogP contribution is -1.85. The molecular weight excluding hydrogens is 168 g/mol. The molecule has 0 N–H and O–H groups in total. The van der Waals surface area contributed by atoms with Crippen molar-refractivity contribution >= 4 is 11.6 Å². The van der Waals surface area contributed by atoms with Crippen LogP contribution in [0.1, 0.15) is 23.6 Å². The highest BCUT2D eigenvalue weighted by molar-refractivity contribution is 5.75. The Balaban J connectivity index is 3.24. The van der Waals surface area contributed by atoms with E-state index in [-0.39, 0.29) is 0 Å². The zero-order valence-electron chi connectivity index (χ0n) is 8.88. The second kappa shape index (κ2) is 4.61. The third-order valence-electron chi connectivity index (χ3n) is 2.36. The first-order valence-electron chi connectivity index (χ1n) is 4.75. The molecule has 0 bridgehead atoms. The highest BCUT2D eigenvalue weighted by Gasteiger charge is 1.99. The Kier molecular flexibility index (Phi) is 3.47. The molecule has 0 aliphatic rings. The van der Waals surface area contributed by atoms with E-state index in [2.05, 4.69) is 44.4 Å². The third kappa shape index (κ3) is 2.02. The maximum absolute atomic E-state index is 3.80. The van der Waals surface area contributed by atoms with Crippen LogP contribution in [0.2, 0.25) is 0 Å². The normalized spacial score (nSPS) is 11.1. The number of rotatable bonds is 3. The number of hydrogen-bond acceptors (Lipinski definition) is 0. The Morgan fingerprint density at radius 1 is 1.29 bits per heavy atom. The number of allylic oxidation sites excluding steroid dienone is 3. The molecule has 14 heavy (non-hydrogen) atoms. The van der Waals surface area contributed by atoms with E-state index in [1.165, 1.54) is 16.7 Å². The summed E-state index contributed by atoms with van der Waals surface area (Å²) in [6.07, 6.45) is 5.82. The Labute approximate surface area is 86.3 Å². The van der Waals surface area contributed by atoms with Gasteiger partial charge in [-0.1, -0.05) is 43.5 Å². The third-order valence-corrected chi connectivity index (χ3v) is 2.36. The molecule has 0 aliphatic carbocycles. The number of aryl methyl sites for hydroxylation is 1. The first-order chi connectivity index (χ1) is 6.72. The zero-order chi connectivity index (χ0) is 10.6. The summed E-state index contributed by atoms with van der Waals surface area (Å²) in [6.45, 7) is 11.7. The topological polar surface area (TPSA) is 0 Å². The van der Waals surface area contributed by atoms with Crippen molar-refractivity contribution in [3.05, 3.63) is 60.2 Å². The largest absolute Gasteiger partial charge is 0.0985 e. The van der Waals surface area contributed by atoms with Crippen molar-refractivity contribution in [1.29, 1.82) is 0 Å². The number of hydrogen-bond donors (Lipinski definition) is 0. The van der Waals surface area contributed by atoms with E-state index in [4.69, 9.17) is 0 Å². The molecule has 0 saturated heterocycles. The minimum absolute atomic E-state index is 1.16. The van der Waals surface area contributed by atoms with Gasteiger partial charge in [-0.25, -0.2) is 0 Å². The lowest BCUT2D eigenvalue weighted by Gasteiger charge is -2.05. The quantitative estimate of drug-likeness (QED) is 0.617. The number of benzene rings is 1. The van der Waals surface area contributed by atoms with Crippen molar-refractivity contribution in [2.45, 2.75) is 13.8 Å². The van der Waals surface area contributed by atoms with E-state index in [1.807, 2.05) is 19.1 Å². The zero-order valence-corrected chi connectivity index (χ0v) is 8.88. The minimum Gasteiger partial charge on any atom is -0.0985 e. The van der Waals surface area contributed by atoms with Gasteiger partial charge in [0.15, 0.2) is 0 Å². The van der Waals surface area contributed by atoms with E-state index < -0.39 is 0 Å². The van der Waals surface area contributed by atoms with Gasteiger partial charge >= 0.3 is 0 Å². The standard InChI is InChI=1S/C14H16/c1-5-12(6-2)14-9-8-11(4)13(7-3)10-14/h5-10H,1,3H2,2,4H3/b12-6+. The maximum atomic E-state index is 3.80. The van der Waals surface area contributed by atoms with Gasteiger partial charge in [-0.2, -0.15) is 0 Å². The fraction of sp³-hybridized carbons (Fsp3) is 0.143. The summed E-state index contributed by atoms with van der Waals surface area (Å²) in [5.74, 6) is 0. The van der Waals surface area contributed by atoms with Gasteiger partial charge < -0.3 is 0 Å². The summed E-state index contributed by atoms with van der Waals surface area (Å²) in [7, 11) is 0. The monoisotopic (exact) mass is 184 g/mol. The van der Waals surface area contributed by atoms with Crippen molar-refractivity contribution in [2.75, 3.05) is 0 Å². The van der Waals surface area contributed by atoms with Crippen LogP contribution in [0.5, 0.6) is 0 Å². The molecule has 0 spiro atoms. The van der Waals surface area contributed by atoms with E-state index >= 15 is 0 Å². The van der Waals surface area contributed by atoms with Crippen LogP contribution in [-0.4, -0.2) is 0 Å². The van der Waals surface area contributed by atoms with Gasteiger partial charge in [0.05, 0.1) is 0 Å². The van der Waals surface area contributed by atoms with E-state index in [0.29, 0.717) is 0 Å². The average molecular weight is 184 g/mol. The van der Waals surface area contributed by atoms with Crippen LogP contribution in [0.4, 0.5) is 0 Å². The molecule has 0 nitrogen and oxygen atoms in total. The van der Waals surface area contributed by atoms with Gasteiger partial charge in [0.1, 0.15) is 0 Å². The van der Waals surface area contributed by atoms with Crippen molar-refractivity contribution in [3.63, 3.8) is 0 Å². The lowest BCUT2D eigenvalue weighted by atomic mass is 10.00. The molecule has 0 aliphatic heterocycles. The summed E-state index contributed by atoms with van der Waals surface area (Å²) < 4.78 is 0. The molecule has 0 radical (unpaired) electrons. The minimum atomic E-state index is 1.16. The fourth-order valence-corrected chi connectivity index (χ4v) is 1.44. The van der Waals surface area contributed by atoms with Gasteiger partial charge in [0, 0.05) is 0 Å². The van der Waals surface area contributed by atoms with Crippen LogP contribution in [0.15, 0.2) is 43.5 Å². The molecule has 0 heterocycles. The molecule has 1 rings (SSSR count). The SMILES string of the molecule is C=C/C(=C\C)c1ccc(C)c(C=C)c1. The van der Waals surface area contributed by atoms with Crippen molar-refractivity contribution in [1.82, 2.24) is 0 Å². The van der Waals surface area contributed by atoms with Gasteiger partial charge in [0.25, 0.3) is 0 Å². The molecule has 1 aromatic carbocycles. The molecule has 1 aromatic rings. The molecule has 72 valence electrons. The fourth-order valence-electron chi connectivity index (χ4n) is 1.44. The summed E-state index contributed by atoms with van der Waals surface area (Å²) in [5, 5.41) is 0. The average Bonchev–Trinajstić information content (AvgIpc) is 2.22. The molecular formula is C14H16. The second-order valence-electron chi connectivity index (χ2n) is 3.22. The highest BCUT2D eigenvalue weighted by Crippen LogP contribution is 2.19. The van der Waals surface area contributed by atoms with Crippen molar-refractivity contribution in [2.24, 2.45) is 0 Å². The predicted octanol–water partition coefficient (Wildman–Crippen LogP) is 4.23. The lowest BCUT2D eigenvalue weighted by molar-refractivity contribution is 1.43. The maximum Gasteiger partial charge on any atom is -0.0181 e. The van der Waals surface area contributed by atoms with Gasteiger partial charge in [0.2, 0.25) is 0 Å². The first-order valence-corrected chi connectivity index (χ1v) is 4.75. The Bertz CT molecular complexity index is 381. The van der Waals surface area contributed by atoms with Gasteiger partial charge in [-0.15, -0.1) is 0 Å². The molecule has 0 heteroatoms. The van der Waals surface area contributed by atoms with E-state index in [1.54, 1.807) is 0 Å². The molecule has 0 fully saturated rings. The van der Waals surface area contributed by atoms with Crippen molar-refractivity contribution in [3.8, 4) is 0 Å². The van der Waals surface area contributed by atoms with Crippen LogP contribution < -0.4 is 0 Å². The summed E-state index contributed by atoms with van der Waals surface area (Å²) in [6, 6.07) is 6.36. The van der Waals surface area contributed by atoms with Crippen LogP contribution in [0.25, 0.3) is 11.6 Å². The second-order valence-corrected chi connectivity index (χ2v) is 3.22. The Morgan fingerprint density at radius 3 is 2.50 bits per heavy atom.